The van der Waals surface area contributed by atoms with Gasteiger partial charge in [0.25, 0.3) is 0 Å². The number of hydrogen-bond donors (Lipinski definition) is 0. The number of methoxy groups -OCH3 is 1. The lowest BCUT2D eigenvalue weighted by Crippen LogP contribution is -2.13. The summed E-state index contributed by atoms with van der Waals surface area (Å²) in [6.07, 6.45) is 0.723. The lowest BCUT2D eigenvalue weighted by Gasteiger charge is -2.10. The summed E-state index contributed by atoms with van der Waals surface area (Å²) in [5.74, 6) is 0.638. The van der Waals surface area contributed by atoms with Crippen molar-refractivity contribution < 1.29 is 14.3 Å². The van der Waals surface area contributed by atoms with Gasteiger partial charge in [0.15, 0.2) is 0 Å². The van der Waals surface area contributed by atoms with Crippen molar-refractivity contribution in [3.63, 3.8) is 0 Å². The minimum atomic E-state index is -0.0476. The number of ether oxygens (including phenoxy) is 1. The van der Waals surface area contributed by atoms with Crippen molar-refractivity contribution in [1.82, 2.24) is 0 Å². The molecule has 0 saturated heterocycles. The Kier molecular flexibility index (Phi) is 3.97. The maximum absolute atomic E-state index is 12.2. The number of hydrogen-bond acceptors (Lipinski definition) is 4. The molecule has 2 rings (SSSR count). The van der Waals surface area contributed by atoms with Crippen LogP contribution >= 0.6 is 11.3 Å². The third-order valence-electron chi connectivity index (χ3n) is 2.73. The average molecular weight is 275 g/mol. The zero-order chi connectivity index (χ0) is 13.8. The molecular weight excluding hydrogens is 262 g/mol. The van der Waals surface area contributed by atoms with Crippen molar-refractivity contribution >= 4 is 29.2 Å². The first-order chi connectivity index (χ1) is 9.15. The Balaban J connectivity index is 2.22. The molecule has 0 saturated carbocycles. The molecule has 0 atom stereocenters. The average Bonchev–Trinajstić information content (AvgIpc) is 2.94. The predicted molar refractivity (Wildman–Crippen MR) is 75.2 cm³/mol. The van der Waals surface area contributed by atoms with E-state index in [1.54, 1.807) is 49.9 Å². The number of benzene rings is 1. The quantitative estimate of drug-likeness (QED) is 0.622. The van der Waals surface area contributed by atoms with Crippen molar-refractivity contribution in [2.45, 2.75) is 0 Å². The molecule has 0 radical (unpaired) electrons. The zero-order valence-corrected chi connectivity index (χ0v) is 11.4. The largest absolute Gasteiger partial charge is 0.496 e. The molecule has 1 aromatic carbocycles. The van der Waals surface area contributed by atoms with Gasteiger partial charge in [0.05, 0.1) is 12.0 Å². The van der Waals surface area contributed by atoms with Crippen LogP contribution in [0.15, 0.2) is 35.7 Å². The number of thiophene rings is 1. The second-order valence-electron chi connectivity index (χ2n) is 3.94. The molecule has 0 bridgehead atoms. The summed E-state index contributed by atoms with van der Waals surface area (Å²) in [6, 6.07) is 8.63. The monoisotopic (exact) mass is 275 g/mol. The topological polar surface area (TPSA) is 46.6 Å². The molecule has 0 N–H and O–H groups in total. The second-order valence-corrected chi connectivity index (χ2v) is 4.85. The summed E-state index contributed by atoms with van der Waals surface area (Å²) < 4.78 is 5.06. The summed E-state index contributed by atoms with van der Waals surface area (Å²) in [4.78, 5) is 24.9. The van der Waals surface area contributed by atoms with Gasteiger partial charge in [0.1, 0.15) is 5.75 Å². The van der Waals surface area contributed by atoms with Crippen LogP contribution in [0.5, 0.6) is 5.75 Å². The Morgan fingerprint density at radius 2 is 2.00 bits per heavy atom. The lowest BCUT2D eigenvalue weighted by molar-refractivity contribution is -0.107. The molecule has 1 aromatic heterocycles. The van der Waals surface area contributed by atoms with E-state index in [2.05, 4.69) is 0 Å². The fourth-order valence-corrected chi connectivity index (χ4v) is 2.41. The van der Waals surface area contributed by atoms with Crippen LogP contribution in [0, 0.1) is 0 Å². The highest BCUT2D eigenvalue weighted by Crippen LogP contribution is 2.24. The van der Waals surface area contributed by atoms with Crippen molar-refractivity contribution in [3.8, 4) is 5.75 Å². The molecule has 0 aliphatic carbocycles. The molecule has 0 unspecified atom stereocenters. The van der Waals surface area contributed by atoms with Crippen molar-refractivity contribution in [2.24, 2.45) is 0 Å². The van der Waals surface area contributed by atoms with Gasteiger partial charge in [-0.15, -0.1) is 11.3 Å². The standard InChI is InChI=1S/C14H13NO3S/c1-15(9-16)11-5-3-10(4-6-11)14(17)13-7-12(18-2)8-19-13/h3-9H,1-2H3. The molecule has 0 spiro atoms. The van der Waals surface area contributed by atoms with Crippen molar-refractivity contribution in [2.75, 3.05) is 19.1 Å². The number of nitrogens with zero attached hydrogens (tertiary/aromatic N) is 1. The van der Waals surface area contributed by atoms with E-state index in [4.69, 9.17) is 4.74 Å². The van der Waals surface area contributed by atoms with Crippen LogP contribution in [0.25, 0.3) is 0 Å². The lowest BCUT2D eigenvalue weighted by atomic mass is 10.1. The van der Waals surface area contributed by atoms with Crippen molar-refractivity contribution in [1.29, 1.82) is 0 Å². The van der Waals surface area contributed by atoms with Crippen LogP contribution in [-0.2, 0) is 4.79 Å². The van der Waals surface area contributed by atoms with E-state index in [1.807, 2.05) is 0 Å². The highest BCUT2D eigenvalue weighted by atomic mass is 32.1. The molecule has 2 aromatic rings. The molecule has 4 nitrogen and oxygen atoms in total. The van der Waals surface area contributed by atoms with E-state index in [0.717, 1.165) is 12.1 Å². The van der Waals surface area contributed by atoms with Crippen LogP contribution in [0.1, 0.15) is 15.2 Å². The van der Waals surface area contributed by atoms with E-state index >= 15 is 0 Å². The van der Waals surface area contributed by atoms with Gasteiger partial charge in [0.2, 0.25) is 12.2 Å². The summed E-state index contributed by atoms with van der Waals surface area (Å²) in [5.41, 5.74) is 1.34. The molecule has 0 aliphatic rings. The minimum Gasteiger partial charge on any atom is -0.496 e. The SMILES string of the molecule is COc1csc(C(=O)c2ccc(N(C)C=O)cc2)c1. The predicted octanol–water partition coefficient (Wildman–Crippen LogP) is 2.58. The van der Waals surface area contributed by atoms with Gasteiger partial charge in [-0.25, -0.2) is 0 Å². The molecule has 98 valence electrons. The normalized spacial score (nSPS) is 10.0. The van der Waals surface area contributed by atoms with Gasteiger partial charge >= 0.3 is 0 Å². The zero-order valence-electron chi connectivity index (χ0n) is 10.6. The number of rotatable bonds is 5. The third kappa shape index (κ3) is 2.82. The Hall–Kier alpha value is -2.14. The Labute approximate surface area is 115 Å². The Morgan fingerprint density at radius 1 is 1.32 bits per heavy atom. The van der Waals surface area contributed by atoms with Crippen molar-refractivity contribution in [3.05, 3.63) is 46.2 Å². The van der Waals surface area contributed by atoms with Gasteiger partial charge in [-0.3, -0.25) is 9.59 Å². The van der Waals surface area contributed by atoms with Gasteiger partial charge in [-0.05, 0) is 24.3 Å². The van der Waals surface area contributed by atoms with Crippen LogP contribution in [-0.4, -0.2) is 26.4 Å². The van der Waals surface area contributed by atoms with Crippen LogP contribution in [0.4, 0.5) is 5.69 Å². The number of carbonyl (C=O) groups is 2. The molecule has 1 heterocycles. The van der Waals surface area contributed by atoms with E-state index in [9.17, 15) is 9.59 Å². The van der Waals surface area contributed by atoms with E-state index in [0.29, 0.717) is 16.2 Å². The van der Waals surface area contributed by atoms with E-state index < -0.39 is 0 Å². The van der Waals surface area contributed by atoms with Crippen LogP contribution < -0.4 is 9.64 Å². The Bertz CT molecular complexity index is 589. The molecule has 0 fully saturated rings. The number of ketones is 1. The minimum absolute atomic E-state index is 0.0476. The molecule has 5 heteroatoms. The number of carbonyl (C=O) groups excluding carboxylic acids is 2. The summed E-state index contributed by atoms with van der Waals surface area (Å²) in [5, 5.41) is 1.79. The summed E-state index contributed by atoms with van der Waals surface area (Å²) >= 11 is 1.35. The maximum Gasteiger partial charge on any atom is 0.213 e. The molecular formula is C14H13NO3S. The first-order valence-corrected chi connectivity index (χ1v) is 6.49. The number of amides is 1. The van der Waals surface area contributed by atoms with Gasteiger partial charge in [-0.1, -0.05) is 0 Å². The van der Waals surface area contributed by atoms with Crippen LogP contribution in [0.2, 0.25) is 0 Å². The third-order valence-corrected chi connectivity index (χ3v) is 3.64. The molecule has 19 heavy (non-hydrogen) atoms. The molecule has 0 aliphatic heterocycles. The smallest absolute Gasteiger partial charge is 0.213 e. The molecule has 1 amide bonds. The van der Waals surface area contributed by atoms with Gasteiger partial charge in [0, 0.05) is 29.7 Å². The van der Waals surface area contributed by atoms with Gasteiger partial charge < -0.3 is 9.64 Å². The summed E-state index contributed by atoms with van der Waals surface area (Å²) in [7, 11) is 3.23. The van der Waals surface area contributed by atoms with E-state index in [1.165, 1.54) is 16.2 Å². The van der Waals surface area contributed by atoms with E-state index in [-0.39, 0.29) is 5.78 Å². The highest BCUT2D eigenvalue weighted by Gasteiger charge is 2.12. The Morgan fingerprint density at radius 3 is 2.53 bits per heavy atom. The first-order valence-electron chi connectivity index (χ1n) is 5.61. The summed E-state index contributed by atoms with van der Waals surface area (Å²) in [6.45, 7) is 0. The van der Waals surface area contributed by atoms with Crippen LogP contribution in [0.3, 0.4) is 0 Å². The fraction of sp³-hybridized carbons (Fsp3) is 0.143. The van der Waals surface area contributed by atoms with Gasteiger partial charge in [-0.2, -0.15) is 0 Å². The first kappa shape index (κ1) is 13.3. The highest BCUT2D eigenvalue weighted by molar-refractivity contribution is 7.12. The maximum atomic E-state index is 12.2. The fourth-order valence-electron chi connectivity index (χ4n) is 1.60. The number of anilines is 1. The second kappa shape index (κ2) is 5.67.